The highest BCUT2D eigenvalue weighted by atomic mass is 35.5. The molecular formula is C14H20Cl4O4. The van der Waals surface area contributed by atoms with Crippen molar-refractivity contribution in [3.05, 3.63) is 12.2 Å². The van der Waals surface area contributed by atoms with Crippen molar-refractivity contribution in [3.8, 4) is 0 Å². The Balaban J connectivity index is 2.27. The highest BCUT2D eigenvalue weighted by Crippen LogP contribution is 2.42. The van der Waals surface area contributed by atoms with Gasteiger partial charge >= 0.3 is 0 Å². The lowest BCUT2D eigenvalue weighted by molar-refractivity contribution is -0.152. The fourth-order valence-electron chi connectivity index (χ4n) is 2.41. The van der Waals surface area contributed by atoms with Gasteiger partial charge in [-0.15, -0.1) is 46.4 Å². The summed E-state index contributed by atoms with van der Waals surface area (Å²) in [6, 6.07) is 0. The maximum absolute atomic E-state index is 6.11. The van der Waals surface area contributed by atoms with Crippen LogP contribution >= 0.6 is 46.4 Å². The minimum atomic E-state index is -1.00. The molecule has 0 saturated carbocycles. The average molecular weight is 394 g/mol. The van der Waals surface area contributed by atoms with Crippen LogP contribution in [0, 0.1) is 0 Å². The van der Waals surface area contributed by atoms with Crippen molar-refractivity contribution in [3.63, 3.8) is 0 Å². The van der Waals surface area contributed by atoms with Crippen molar-refractivity contribution >= 4 is 46.4 Å². The number of hydrogen-bond donors (Lipinski definition) is 0. The molecule has 0 N–H and O–H groups in total. The third-order valence-corrected chi connectivity index (χ3v) is 5.03. The van der Waals surface area contributed by atoms with Gasteiger partial charge < -0.3 is 18.9 Å². The number of alkyl halides is 4. The molecule has 2 heterocycles. The summed E-state index contributed by atoms with van der Waals surface area (Å²) in [7, 11) is 0. The van der Waals surface area contributed by atoms with Crippen LogP contribution in [0.1, 0.15) is 27.7 Å². The molecule has 0 aromatic rings. The maximum atomic E-state index is 6.11. The van der Waals surface area contributed by atoms with Crippen LogP contribution in [0.3, 0.4) is 0 Å². The van der Waals surface area contributed by atoms with Crippen LogP contribution in [0.25, 0.3) is 0 Å². The molecule has 2 atom stereocenters. The molecule has 4 nitrogen and oxygen atoms in total. The van der Waals surface area contributed by atoms with Crippen molar-refractivity contribution in [2.24, 2.45) is 0 Å². The van der Waals surface area contributed by atoms with Crippen molar-refractivity contribution in [1.82, 2.24) is 0 Å². The minimum Gasteiger partial charge on any atom is -0.347 e. The van der Waals surface area contributed by atoms with Gasteiger partial charge in [-0.1, -0.05) is 0 Å². The first-order valence-electron chi connectivity index (χ1n) is 6.87. The molecule has 2 rings (SSSR count). The van der Waals surface area contributed by atoms with Gasteiger partial charge in [0, 0.05) is 0 Å². The van der Waals surface area contributed by atoms with Gasteiger partial charge in [0.05, 0.1) is 13.2 Å². The molecule has 22 heavy (non-hydrogen) atoms. The summed E-state index contributed by atoms with van der Waals surface area (Å²) in [6.45, 7) is 7.59. The smallest absolute Gasteiger partial charge is 0.164 e. The van der Waals surface area contributed by atoms with Crippen LogP contribution in [-0.2, 0) is 18.9 Å². The molecule has 0 aliphatic carbocycles. The van der Waals surface area contributed by atoms with E-state index in [0.717, 1.165) is 0 Å². The van der Waals surface area contributed by atoms with Crippen LogP contribution in [0.2, 0.25) is 0 Å². The maximum Gasteiger partial charge on any atom is 0.164 e. The Morgan fingerprint density at radius 1 is 0.727 bits per heavy atom. The summed E-state index contributed by atoms with van der Waals surface area (Å²) in [6.07, 6.45) is 3.41. The first kappa shape index (κ1) is 19.1. The molecule has 0 amide bonds. The summed E-state index contributed by atoms with van der Waals surface area (Å²) in [5.74, 6) is -1.57. The Bertz CT molecular complexity index is 412. The number of rotatable bonds is 4. The van der Waals surface area contributed by atoms with E-state index in [-0.39, 0.29) is 13.2 Å². The van der Waals surface area contributed by atoms with Crippen LogP contribution in [-0.4, -0.2) is 45.7 Å². The number of hydrogen-bond acceptors (Lipinski definition) is 4. The van der Waals surface area contributed by atoms with Gasteiger partial charge in [-0.3, -0.25) is 0 Å². The number of halogens is 4. The molecule has 2 unspecified atom stereocenters. The van der Waals surface area contributed by atoms with Gasteiger partial charge in [0.1, 0.15) is 20.9 Å². The lowest BCUT2D eigenvalue weighted by Crippen LogP contribution is -2.42. The molecule has 0 aromatic carbocycles. The summed E-state index contributed by atoms with van der Waals surface area (Å²) in [5, 5.41) is 0. The van der Waals surface area contributed by atoms with Crippen LogP contribution in [0.4, 0.5) is 0 Å². The second-order valence-electron chi connectivity index (χ2n) is 6.43. The standard InChI is InChI=1S/C14H20Cl4O4/c1-11(2)19-7-13(21-11,9(15)16)5-6-14(10(17)18)8-20-12(3,4)22-14/h5-6,9-10H,7-8H2,1-4H3/b6-5+. The van der Waals surface area contributed by atoms with Gasteiger partial charge in [-0.05, 0) is 39.8 Å². The zero-order valence-corrected chi connectivity index (χ0v) is 15.9. The minimum absolute atomic E-state index is 0.212. The topological polar surface area (TPSA) is 36.9 Å². The van der Waals surface area contributed by atoms with Crippen molar-refractivity contribution < 1.29 is 18.9 Å². The summed E-state index contributed by atoms with van der Waals surface area (Å²) in [4.78, 5) is -1.66. The molecular weight excluding hydrogens is 374 g/mol. The molecule has 2 aliphatic rings. The third kappa shape index (κ3) is 3.86. The fourth-order valence-corrected chi connectivity index (χ4v) is 3.13. The monoisotopic (exact) mass is 392 g/mol. The molecule has 8 heteroatoms. The molecule has 2 fully saturated rings. The van der Waals surface area contributed by atoms with Crippen molar-refractivity contribution in [1.29, 1.82) is 0 Å². The van der Waals surface area contributed by atoms with Gasteiger partial charge in [0.15, 0.2) is 11.6 Å². The van der Waals surface area contributed by atoms with E-state index >= 15 is 0 Å². The third-order valence-electron chi connectivity index (χ3n) is 3.55. The van der Waals surface area contributed by atoms with Crippen LogP contribution < -0.4 is 0 Å². The highest BCUT2D eigenvalue weighted by molar-refractivity contribution is 6.45. The van der Waals surface area contributed by atoms with Gasteiger partial charge in [0.2, 0.25) is 0 Å². The predicted molar refractivity (Wildman–Crippen MR) is 87.8 cm³/mol. The van der Waals surface area contributed by atoms with E-state index < -0.39 is 32.4 Å². The second kappa shape index (κ2) is 6.23. The second-order valence-corrected chi connectivity index (χ2v) is 8.62. The molecule has 0 radical (unpaired) electrons. The Morgan fingerprint density at radius 2 is 1.05 bits per heavy atom. The molecule has 2 aliphatic heterocycles. The Morgan fingerprint density at radius 3 is 1.23 bits per heavy atom. The van der Waals surface area contributed by atoms with E-state index in [0.29, 0.717) is 0 Å². The van der Waals surface area contributed by atoms with E-state index in [1.807, 2.05) is 0 Å². The fraction of sp³-hybridized carbons (Fsp3) is 0.857. The van der Waals surface area contributed by atoms with Crippen molar-refractivity contribution in [2.75, 3.05) is 13.2 Å². The first-order chi connectivity index (χ1) is 9.92. The Kier molecular flexibility index (Phi) is 5.40. The summed E-state index contributed by atoms with van der Waals surface area (Å²) < 4.78 is 22.9. The zero-order chi connectivity index (χ0) is 16.8. The Labute approximate surface area is 150 Å². The SMILES string of the molecule is CC1(C)OCC(/C=C/C2(C(Cl)Cl)COC(C)(C)O2)(C(Cl)Cl)O1. The molecule has 0 aromatic heterocycles. The normalized spacial score (nSPS) is 37.7. The lowest BCUT2D eigenvalue weighted by atomic mass is 10.0. The Hall–Kier alpha value is 0.740. The zero-order valence-electron chi connectivity index (χ0n) is 12.9. The first-order valence-corrected chi connectivity index (χ1v) is 8.62. The summed E-state index contributed by atoms with van der Waals surface area (Å²) >= 11 is 24.4. The predicted octanol–water partition coefficient (Wildman–Crippen LogP) is 4.19. The largest absolute Gasteiger partial charge is 0.347 e. The van der Waals surface area contributed by atoms with Crippen LogP contribution in [0.5, 0.6) is 0 Å². The van der Waals surface area contributed by atoms with Crippen molar-refractivity contribution in [2.45, 2.75) is 60.1 Å². The van der Waals surface area contributed by atoms with E-state index in [1.165, 1.54) is 0 Å². The van der Waals surface area contributed by atoms with E-state index in [1.54, 1.807) is 39.8 Å². The lowest BCUT2D eigenvalue weighted by Gasteiger charge is -2.31. The highest BCUT2D eigenvalue weighted by Gasteiger charge is 2.52. The number of ether oxygens (including phenoxy) is 4. The van der Waals surface area contributed by atoms with Crippen LogP contribution in [0.15, 0.2) is 12.2 Å². The summed E-state index contributed by atoms with van der Waals surface area (Å²) in [5.41, 5.74) is -2.00. The molecule has 2 saturated heterocycles. The molecule has 128 valence electrons. The van der Waals surface area contributed by atoms with Gasteiger partial charge in [0.25, 0.3) is 0 Å². The van der Waals surface area contributed by atoms with Gasteiger partial charge in [-0.2, -0.15) is 0 Å². The van der Waals surface area contributed by atoms with E-state index in [2.05, 4.69) is 0 Å². The molecule has 0 spiro atoms. The van der Waals surface area contributed by atoms with E-state index in [9.17, 15) is 0 Å². The van der Waals surface area contributed by atoms with E-state index in [4.69, 9.17) is 65.4 Å². The average Bonchev–Trinajstić information content (AvgIpc) is 2.86. The molecule has 0 bridgehead atoms. The van der Waals surface area contributed by atoms with Gasteiger partial charge in [-0.25, -0.2) is 0 Å². The quantitative estimate of drug-likeness (QED) is 0.530.